The SMILES string of the molecule is CN1CC2CC(Cc3cc(C(F)(F)F)c4cn(-c5cccc(C6(Cc7nncn7C)COC6)c5)c(=O)n4c3)C(C1)N2. The molecular formula is C29H32F3N7O2. The number of hydrogen-bond acceptors (Lipinski definition) is 6. The molecule has 3 atom stereocenters. The summed E-state index contributed by atoms with van der Waals surface area (Å²) in [6.07, 6.45) is 1.93. The van der Waals surface area contributed by atoms with Crippen molar-refractivity contribution < 1.29 is 17.9 Å². The first-order valence-electron chi connectivity index (χ1n) is 13.9. The Labute approximate surface area is 234 Å². The quantitative estimate of drug-likeness (QED) is 0.386. The Kier molecular flexibility index (Phi) is 6.14. The van der Waals surface area contributed by atoms with E-state index in [0.717, 1.165) is 35.3 Å². The highest BCUT2D eigenvalue weighted by Crippen LogP contribution is 2.38. The van der Waals surface area contributed by atoms with Gasteiger partial charge in [0.1, 0.15) is 12.2 Å². The van der Waals surface area contributed by atoms with Gasteiger partial charge in [-0.15, -0.1) is 10.2 Å². The molecule has 3 saturated heterocycles. The second-order valence-corrected chi connectivity index (χ2v) is 12.0. The van der Waals surface area contributed by atoms with E-state index in [9.17, 15) is 18.0 Å². The number of imidazole rings is 1. The second-order valence-electron chi connectivity index (χ2n) is 12.0. The number of alkyl halides is 3. The first-order valence-corrected chi connectivity index (χ1v) is 13.9. The lowest BCUT2D eigenvalue weighted by Gasteiger charge is -2.41. The molecule has 1 aromatic carbocycles. The van der Waals surface area contributed by atoms with Gasteiger partial charge in [0.05, 0.1) is 30.0 Å². The molecule has 3 unspecified atom stereocenters. The number of ether oxygens (including phenoxy) is 1. The van der Waals surface area contributed by atoms with Crippen LogP contribution in [0, 0.1) is 5.92 Å². The minimum Gasteiger partial charge on any atom is -0.379 e. The zero-order valence-corrected chi connectivity index (χ0v) is 22.9. The normalized spacial score (nSPS) is 24.2. The van der Waals surface area contributed by atoms with Gasteiger partial charge in [0.2, 0.25) is 0 Å². The number of nitrogens with zero attached hydrogens (tertiary/aromatic N) is 6. The molecule has 0 aliphatic carbocycles. The number of aryl methyl sites for hydroxylation is 1. The molecule has 0 amide bonds. The van der Waals surface area contributed by atoms with E-state index in [2.05, 4.69) is 27.5 Å². The van der Waals surface area contributed by atoms with Crippen LogP contribution in [0.4, 0.5) is 13.2 Å². The number of benzene rings is 1. The zero-order chi connectivity index (χ0) is 28.5. The Balaban J connectivity index is 1.26. The lowest BCUT2D eigenvalue weighted by Crippen LogP contribution is -2.50. The van der Waals surface area contributed by atoms with Crippen molar-refractivity contribution in [3.05, 3.63) is 82.1 Å². The summed E-state index contributed by atoms with van der Waals surface area (Å²) in [4.78, 5) is 15.9. The number of piperazine rings is 1. The lowest BCUT2D eigenvalue weighted by molar-refractivity contribution is -0.136. The molecule has 1 N–H and O–H groups in total. The van der Waals surface area contributed by atoms with Crippen molar-refractivity contribution in [3.63, 3.8) is 0 Å². The van der Waals surface area contributed by atoms with Crippen molar-refractivity contribution in [1.82, 2.24) is 33.9 Å². The molecule has 12 heteroatoms. The Morgan fingerprint density at radius 3 is 2.68 bits per heavy atom. The monoisotopic (exact) mass is 567 g/mol. The van der Waals surface area contributed by atoms with Crippen molar-refractivity contribution in [2.24, 2.45) is 13.0 Å². The molecule has 4 aromatic rings. The highest BCUT2D eigenvalue weighted by Gasteiger charge is 2.42. The Bertz CT molecular complexity index is 1670. The van der Waals surface area contributed by atoms with Gasteiger partial charge in [0, 0.05) is 56.5 Å². The van der Waals surface area contributed by atoms with Crippen LogP contribution in [0.5, 0.6) is 0 Å². The van der Waals surface area contributed by atoms with Crippen LogP contribution in [0.1, 0.15) is 28.9 Å². The van der Waals surface area contributed by atoms with Crippen LogP contribution in [0.15, 0.2) is 53.8 Å². The number of nitrogens with one attached hydrogen (secondary N) is 1. The van der Waals surface area contributed by atoms with Crippen LogP contribution in [0.3, 0.4) is 0 Å². The van der Waals surface area contributed by atoms with E-state index in [1.165, 1.54) is 16.8 Å². The van der Waals surface area contributed by atoms with E-state index in [1.54, 1.807) is 18.6 Å². The van der Waals surface area contributed by atoms with E-state index in [4.69, 9.17) is 4.74 Å². The van der Waals surface area contributed by atoms with Crippen LogP contribution >= 0.6 is 0 Å². The van der Waals surface area contributed by atoms with Crippen LogP contribution in [-0.2, 0) is 36.2 Å². The van der Waals surface area contributed by atoms with Gasteiger partial charge in [-0.2, -0.15) is 13.2 Å². The Morgan fingerprint density at radius 2 is 1.98 bits per heavy atom. The van der Waals surface area contributed by atoms with Crippen LogP contribution in [-0.4, -0.2) is 74.1 Å². The number of likely N-dealkylation sites (tertiary alicyclic amines) is 1. The molecule has 41 heavy (non-hydrogen) atoms. The maximum Gasteiger partial charge on any atom is 0.418 e. The molecule has 0 saturated carbocycles. The van der Waals surface area contributed by atoms with E-state index in [1.807, 2.05) is 29.8 Å². The summed E-state index contributed by atoms with van der Waals surface area (Å²) in [6.45, 7) is 2.76. The standard InChI is InChI=1S/C29H32F3N7O2/c1-36-12-21-8-19(24(13-36)34-21)6-18-7-23(29(30,31)32)25-14-38(27(40)39(25)11-18)22-5-3-4-20(9-22)28(15-41-16-28)10-26-35-33-17-37(26)2/h3-5,7,9,11,14,17,19,21,24,34H,6,8,10,12-13,15-16H2,1-2H3. The van der Waals surface area contributed by atoms with Crippen molar-refractivity contribution >= 4 is 5.52 Å². The van der Waals surface area contributed by atoms with E-state index < -0.39 is 17.4 Å². The molecule has 0 spiro atoms. The predicted octanol–water partition coefficient (Wildman–Crippen LogP) is 2.58. The average molecular weight is 568 g/mol. The number of hydrogen-bond donors (Lipinski definition) is 1. The Morgan fingerprint density at radius 1 is 1.15 bits per heavy atom. The van der Waals surface area contributed by atoms with Crippen LogP contribution in [0.2, 0.25) is 0 Å². The molecule has 2 bridgehead atoms. The van der Waals surface area contributed by atoms with Gasteiger partial charge in [0.25, 0.3) is 0 Å². The van der Waals surface area contributed by atoms with Crippen molar-refractivity contribution in [3.8, 4) is 5.69 Å². The average Bonchev–Trinajstić information content (AvgIpc) is 3.55. The number of fused-ring (bicyclic) bond motifs is 3. The fourth-order valence-electron chi connectivity index (χ4n) is 6.92. The number of rotatable bonds is 6. The van der Waals surface area contributed by atoms with Gasteiger partial charge >= 0.3 is 11.9 Å². The highest BCUT2D eigenvalue weighted by molar-refractivity contribution is 5.58. The van der Waals surface area contributed by atoms with E-state index in [-0.39, 0.29) is 22.9 Å². The van der Waals surface area contributed by atoms with Crippen LogP contribution < -0.4 is 11.0 Å². The minimum atomic E-state index is -4.60. The number of likely N-dealkylation sites (N-methyl/N-ethyl adjacent to an activating group) is 1. The van der Waals surface area contributed by atoms with Crippen molar-refractivity contribution in [2.75, 3.05) is 33.4 Å². The largest absolute Gasteiger partial charge is 0.418 e. The molecule has 9 nitrogen and oxygen atoms in total. The summed E-state index contributed by atoms with van der Waals surface area (Å²) in [5, 5.41) is 11.8. The summed E-state index contributed by atoms with van der Waals surface area (Å²) < 4.78 is 52.9. The van der Waals surface area contributed by atoms with E-state index in [0.29, 0.717) is 43.3 Å². The van der Waals surface area contributed by atoms with Gasteiger partial charge in [-0.05, 0) is 55.1 Å². The molecule has 6 heterocycles. The Hall–Kier alpha value is -3.48. The molecule has 3 aliphatic rings. The zero-order valence-electron chi connectivity index (χ0n) is 22.9. The van der Waals surface area contributed by atoms with Crippen molar-refractivity contribution in [2.45, 2.75) is 42.9 Å². The third-order valence-electron chi connectivity index (χ3n) is 9.07. The summed E-state index contributed by atoms with van der Waals surface area (Å²) in [7, 11) is 3.95. The number of aromatic nitrogens is 5. The van der Waals surface area contributed by atoms with Gasteiger partial charge in [-0.25, -0.2) is 4.79 Å². The highest BCUT2D eigenvalue weighted by atomic mass is 19.4. The summed E-state index contributed by atoms with van der Waals surface area (Å²) in [5.41, 5.74) is 0.139. The van der Waals surface area contributed by atoms with E-state index >= 15 is 0 Å². The lowest BCUT2D eigenvalue weighted by atomic mass is 9.75. The van der Waals surface area contributed by atoms with Crippen LogP contribution in [0.25, 0.3) is 11.2 Å². The molecule has 3 aromatic heterocycles. The fraction of sp³-hybridized carbons (Fsp3) is 0.483. The number of halogens is 3. The molecular weight excluding hydrogens is 535 g/mol. The maximum atomic E-state index is 14.3. The molecule has 3 fully saturated rings. The molecule has 7 rings (SSSR count). The van der Waals surface area contributed by atoms with Gasteiger partial charge in [0.15, 0.2) is 0 Å². The topological polar surface area (TPSA) is 81.6 Å². The smallest absolute Gasteiger partial charge is 0.379 e. The fourth-order valence-corrected chi connectivity index (χ4v) is 6.92. The van der Waals surface area contributed by atoms with Gasteiger partial charge in [-0.1, -0.05) is 12.1 Å². The maximum absolute atomic E-state index is 14.3. The minimum absolute atomic E-state index is 0.152. The van der Waals surface area contributed by atoms with Gasteiger partial charge < -0.3 is 19.5 Å². The molecule has 216 valence electrons. The summed E-state index contributed by atoms with van der Waals surface area (Å²) in [6, 6.07) is 9.22. The van der Waals surface area contributed by atoms with Gasteiger partial charge in [-0.3, -0.25) is 8.97 Å². The molecule has 0 radical (unpaired) electrons. The second kappa shape index (κ2) is 9.53. The first kappa shape index (κ1) is 26.4. The third kappa shape index (κ3) is 4.58. The predicted molar refractivity (Wildman–Crippen MR) is 145 cm³/mol. The van der Waals surface area contributed by atoms with Crippen molar-refractivity contribution in [1.29, 1.82) is 0 Å². The number of pyridine rings is 1. The first-order chi connectivity index (χ1) is 19.6. The summed E-state index contributed by atoms with van der Waals surface area (Å²) in [5.74, 6) is 1.02. The summed E-state index contributed by atoms with van der Waals surface area (Å²) >= 11 is 0. The third-order valence-corrected chi connectivity index (χ3v) is 9.07. The molecule has 3 aliphatic heterocycles.